The Kier molecular flexibility index (Phi) is 2.11. The van der Waals surface area contributed by atoms with Crippen LogP contribution < -0.4 is 5.32 Å². The minimum absolute atomic E-state index is 0.0207. The summed E-state index contributed by atoms with van der Waals surface area (Å²) in [5.74, 6) is -5.09. The number of hydrogen-bond donors (Lipinski definition) is 2. The van der Waals surface area contributed by atoms with E-state index in [9.17, 15) is 13.2 Å². The summed E-state index contributed by atoms with van der Waals surface area (Å²) in [6, 6.07) is 0.456. The third-order valence-corrected chi connectivity index (χ3v) is 2.36. The van der Waals surface area contributed by atoms with E-state index in [1.807, 2.05) is 0 Å². The van der Waals surface area contributed by atoms with Crippen molar-refractivity contribution < 1.29 is 18.3 Å². The zero-order valence-electron chi connectivity index (χ0n) is 7.15. The van der Waals surface area contributed by atoms with Crippen LogP contribution in [0.15, 0.2) is 6.07 Å². The largest absolute Gasteiger partial charge is 0.503 e. The van der Waals surface area contributed by atoms with E-state index in [1.165, 1.54) is 0 Å². The second kappa shape index (κ2) is 3.16. The predicted octanol–water partition coefficient (Wildman–Crippen LogP) is 1.84. The van der Waals surface area contributed by atoms with Gasteiger partial charge < -0.3 is 10.4 Å². The summed E-state index contributed by atoms with van der Waals surface area (Å²) in [7, 11) is 0. The Balaban J connectivity index is 2.49. The van der Waals surface area contributed by atoms with Crippen LogP contribution in [0.5, 0.6) is 5.75 Å². The lowest BCUT2D eigenvalue weighted by atomic mass is 9.97. The van der Waals surface area contributed by atoms with Gasteiger partial charge in [-0.3, -0.25) is 0 Å². The third-order valence-electron chi connectivity index (χ3n) is 2.36. The van der Waals surface area contributed by atoms with E-state index in [-0.39, 0.29) is 11.6 Å². The molecule has 76 valence electrons. The van der Waals surface area contributed by atoms with E-state index >= 15 is 0 Å². The standard InChI is InChI=1S/C9H8F3NO/c10-5-3-4(6-1-2-13-6)7(11)9(14)8(5)12/h3,6,13-14H,1-2H2/t6-/m1/s1. The van der Waals surface area contributed by atoms with E-state index in [1.54, 1.807) is 0 Å². The van der Waals surface area contributed by atoms with Crippen molar-refractivity contribution in [3.05, 3.63) is 29.1 Å². The van der Waals surface area contributed by atoms with Crippen molar-refractivity contribution in [2.75, 3.05) is 6.54 Å². The van der Waals surface area contributed by atoms with Gasteiger partial charge in [-0.1, -0.05) is 0 Å². The van der Waals surface area contributed by atoms with Crippen LogP contribution in [0, 0.1) is 17.5 Å². The van der Waals surface area contributed by atoms with Crippen molar-refractivity contribution in [1.29, 1.82) is 0 Å². The Hall–Kier alpha value is -1.23. The fourth-order valence-electron chi connectivity index (χ4n) is 1.42. The van der Waals surface area contributed by atoms with Gasteiger partial charge in [-0.15, -0.1) is 0 Å². The lowest BCUT2D eigenvalue weighted by Crippen LogP contribution is -2.35. The third kappa shape index (κ3) is 1.24. The molecule has 1 aliphatic rings. The molecule has 0 aromatic heterocycles. The van der Waals surface area contributed by atoms with Gasteiger partial charge in [0.05, 0.1) is 0 Å². The number of phenolic OH excluding ortho intramolecular Hbond substituents is 1. The summed E-state index contributed by atoms with van der Waals surface area (Å²) in [6.07, 6.45) is 0.654. The molecule has 2 rings (SSSR count). The second-order valence-electron chi connectivity index (χ2n) is 3.22. The highest BCUT2D eigenvalue weighted by atomic mass is 19.2. The van der Waals surface area contributed by atoms with Gasteiger partial charge in [0, 0.05) is 11.6 Å². The van der Waals surface area contributed by atoms with Gasteiger partial charge in [0.25, 0.3) is 0 Å². The molecule has 0 unspecified atom stereocenters. The van der Waals surface area contributed by atoms with Crippen molar-refractivity contribution >= 4 is 0 Å². The Morgan fingerprint density at radius 3 is 2.43 bits per heavy atom. The molecular formula is C9H8F3NO. The van der Waals surface area contributed by atoms with Gasteiger partial charge >= 0.3 is 0 Å². The maximum absolute atomic E-state index is 13.2. The second-order valence-corrected chi connectivity index (χ2v) is 3.22. The highest BCUT2D eigenvalue weighted by molar-refractivity contribution is 5.35. The number of rotatable bonds is 1. The monoisotopic (exact) mass is 203 g/mol. The molecule has 0 saturated carbocycles. The molecule has 1 aromatic carbocycles. The summed E-state index contributed by atoms with van der Waals surface area (Å²) >= 11 is 0. The molecule has 1 atom stereocenters. The molecule has 1 heterocycles. The van der Waals surface area contributed by atoms with Crippen LogP contribution in [0.2, 0.25) is 0 Å². The maximum Gasteiger partial charge on any atom is 0.203 e. The average molecular weight is 203 g/mol. The quantitative estimate of drug-likeness (QED) is 0.682. The Morgan fingerprint density at radius 1 is 1.29 bits per heavy atom. The lowest BCUT2D eigenvalue weighted by molar-refractivity contribution is 0.339. The smallest absolute Gasteiger partial charge is 0.203 e. The number of aromatic hydroxyl groups is 1. The Bertz CT molecular complexity index is 377. The average Bonchev–Trinajstić information content (AvgIpc) is 2.08. The van der Waals surface area contributed by atoms with Crippen molar-refractivity contribution in [3.63, 3.8) is 0 Å². The van der Waals surface area contributed by atoms with Crippen molar-refractivity contribution in [2.45, 2.75) is 12.5 Å². The Labute approximate surface area is 78.4 Å². The predicted molar refractivity (Wildman–Crippen MR) is 43.3 cm³/mol. The van der Waals surface area contributed by atoms with Crippen LogP contribution >= 0.6 is 0 Å². The SMILES string of the molecule is Oc1c(F)c(F)cc([C@H]2CCN2)c1F. The van der Waals surface area contributed by atoms with E-state index in [2.05, 4.69) is 5.32 Å². The molecule has 1 aliphatic heterocycles. The molecule has 0 aliphatic carbocycles. The number of hydrogen-bond acceptors (Lipinski definition) is 2. The highest BCUT2D eigenvalue weighted by Crippen LogP contribution is 2.32. The minimum Gasteiger partial charge on any atom is -0.503 e. The molecule has 0 bridgehead atoms. The summed E-state index contributed by atoms with van der Waals surface area (Å²) in [6.45, 7) is 0.712. The van der Waals surface area contributed by atoms with Gasteiger partial charge in [-0.25, -0.2) is 8.78 Å². The van der Waals surface area contributed by atoms with E-state index in [0.717, 1.165) is 6.07 Å². The van der Waals surface area contributed by atoms with E-state index in [4.69, 9.17) is 5.11 Å². The van der Waals surface area contributed by atoms with Crippen molar-refractivity contribution in [3.8, 4) is 5.75 Å². The summed E-state index contributed by atoms with van der Waals surface area (Å²) < 4.78 is 38.7. The molecule has 5 heteroatoms. The van der Waals surface area contributed by atoms with Gasteiger partial charge in [0.2, 0.25) is 5.82 Å². The normalized spacial score (nSPS) is 20.6. The summed E-state index contributed by atoms with van der Waals surface area (Å²) in [5, 5.41) is 11.8. The van der Waals surface area contributed by atoms with Crippen LogP contribution in [0.25, 0.3) is 0 Å². The van der Waals surface area contributed by atoms with Crippen LogP contribution in [-0.2, 0) is 0 Å². The van der Waals surface area contributed by atoms with Crippen LogP contribution in [-0.4, -0.2) is 11.7 Å². The van der Waals surface area contributed by atoms with Gasteiger partial charge in [-0.2, -0.15) is 4.39 Å². The zero-order valence-corrected chi connectivity index (χ0v) is 7.15. The first kappa shape index (κ1) is 9.33. The zero-order chi connectivity index (χ0) is 10.3. The van der Waals surface area contributed by atoms with Crippen molar-refractivity contribution in [2.24, 2.45) is 0 Å². The lowest BCUT2D eigenvalue weighted by Gasteiger charge is -2.28. The molecule has 1 fully saturated rings. The van der Waals surface area contributed by atoms with Gasteiger partial charge in [-0.05, 0) is 19.0 Å². The van der Waals surface area contributed by atoms with Crippen LogP contribution in [0.4, 0.5) is 13.2 Å². The van der Waals surface area contributed by atoms with E-state index < -0.39 is 23.2 Å². The first-order chi connectivity index (χ1) is 6.61. The molecule has 14 heavy (non-hydrogen) atoms. The van der Waals surface area contributed by atoms with Crippen LogP contribution in [0.3, 0.4) is 0 Å². The topological polar surface area (TPSA) is 32.3 Å². The van der Waals surface area contributed by atoms with Crippen molar-refractivity contribution in [1.82, 2.24) is 5.32 Å². The molecule has 2 nitrogen and oxygen atoms in total. The molecular weight excluding hydrogens is 195 g/mol. The first-order valence-electron chi connectivity index (χ1n) is 4.21. The molecule has 0 amide bonds. The number of halogens is 3. The Morgan fingerprint density at radius 2 is 1.93 bits per heavy atom. The molecule has 0 radical (unpaired) electrons. The molecule has 2 N–H and O–H groups in total. The molecule has 1 aromatic rings. The molecule has 0 spiro atoms. The number of nitrogens with one attached hydrogen (secondary N) is 1. The first-order valence-corrected chi connectivity index (χ1v) is 4.21. The van der Waals surface area contributed by atoms with E-state index in [0.29, 0.717) is 13.0 Å². The summed E-state index contributed by atoms with van der Waals surface area (Å²) in [5.41, 5.74) is -0.0207. The molecule has 1 saturated heterocycles. The highest BCUT2D eigenvalue weighted by Gasteiger charge is 2.26. The number of phenols is 1. The fraction of sp³-hybridized carbons (Fsp3) is 0.333. The minimum atomic E-state index is -1.54. The summed E-state index contributed by atoms with van der Waals surface area (Å²) in [4.78, 5) is 0. The van der Waals surface area contributed by atoms with Crippen LogP contribution in [0.1, 0.15) is 18.0 Å². The van der Waals surface area contributed by atoms with Gasteiger partial charge in [0.15, 0.2) is 17.4 Å². The fourth-order valence-corrected chi connectivity index (χ4v) is 1.42. The maximum atomic E-state index is 13.2. The number of benzene rings is 1. The van der Waals surface area contributed by atoms with Gasteiger partial charge in [0.1, 0.15) is 0 Å².